The van der Waals surface area contributed by atoms with E-state index in [0.717, 1.165) is 25.9 Å². The lowest BCUT2D eigenvalue weighted by molar-refractivity contribution is -0.116. The van der Waals surface area contributed by atoms with Gasteiger partial charge in [-0.2, -0.15) is 0 Å². The van der Waals surface area contributed by atoms with Gasteiger partial charge in [0.2, 0.25) is 5.91 Å². The maximum absolute atomic E-state index is 11.5. The van der Waals surface area contributed by atoms with Crippen LogP contribution in [0.25, 0.3) is 0 Å². The Morgan fingerprint density at radius 3 is 2.50 bits per heavy atom. The zero-order valence-electron chi connectivity index (χ0n) is 11.3. The molecule has 0 saturated carbocycles. The van der Waals surface area contributed by atoms with Gasteiger partial charge in [0.25, 0.3) is 0 Å². The standard InChI is InChI=1S/C13H26N2O/c1-6-9-13(2,3)11-14-12(16)8-7-10-15(4)5/h7-8H,6,9-11H2,1-5H3,(H,14,16)/b8-7+. The predicted molar refractivity (Wildman–Crippen MR) is 69.4 cm³/mol. The molecular formula is C13H26N2O. The maximum atomic E-state index is 11.5. The number of carbonyl (C=O) groups excluding carboxylic acids is 1. The topological polar surface area (TPSA) is 32.3 Å². The second-order valence-corrected chi connectivity index (χ2v) is 5.30. The van der Waals surface area contributed by atoms with E-state index in [4.69, 9.17) is 0 Å². The van der Waals surface area contributed by atoms with Gasteiger partial charge in [0.05, 0.1) is 0 Å². The molecule has 1 amide bonds. The Kier molecular flexibility index (Phi) is 7.06. The summed E-state index contributed by atoms with van der Waals surface area (Å²) >= 11 is 0. The van der Waals surface area contributed by atoms with Gasteiger partial charge < -0.3 is 10.2 Å². The van der Waals surface area contributed by atoms with Crippen molar-refractivity contribution in [3.05, 3.63) is 12.2 Å². The molecule has 0 heterocycles. The second-order valence-electron chi connectivity index (χ2n) is 5.30. The minimum atomic E-state index is 0.00558. The van der Waals surface area contributed by atoms with Gasteiger partial charge in [0, 0.05) is 19.2 Å². The van der Waals surface area contributed by atoms with Crippen LogP contribution >= 0.6 is 0 Å². The largest absolute Gasteiger partial charge is 0.352 e. The molecule has 0 aromatic carbocycles. The van der Waals surface area contributed by atoms with Gasteiger partial charge >= 0.3 is 0 Å². The van der Waals surface area contributed by atoms with Crippen LogP contribution in [0.2, 0.25) is 0 Å². The lowest BCUT2D eigenvalue weighted by atomic mass is 9.88. The van der Waals surface area contributed by atoms with Gasteiger partial charge in [0.15, 0.2) is 0 Å². The molecule has 0 bridgehead atoms. The maximum Gasteiger partial charge on any atom is 0.243 e. The number of nitrogens with zero attached hydrogens (tertiary/aromatic N) is 1. The van der Waals surface area contributed by atoms with E-state index in [-0.39, 0.29) is 11.3 Å². The molecule has 0 aliphatic carbocycles. The number of likely N-dealkylation sites (N-methyl/N-ethyl adjacent to an activating group) is 1. The summed E-state index contributed by atoms with van der Waals surface area (Å²) < 4.78 is 0. The van der Waals surface area contributed by atoms with Crippen molar-refractivity contribution in [2.45, 2.75) is 33.6 Å². The minimum absolute atomic E-state index is 0.00558. The molecule has 0 rings (SSSR count). The summed E-state index contributed by atoms with van der Waals surface area (Å²) in [5.41, 5.74) is 0.194. The zero-order chi connectivity index (χ0) is 12.6. The van der Waals surface area contributed by atoms with E-state index in [1.54, 1.807) is 6.08 Å². The Morgan fingerprint density at radius 1 is 1.38 bits per heavy atom. The van der Waals surface area contributed by atoms with E-state index in [2.05, 4.69) is 26.1 Å². The first kappa shape index (κ1) is 15.2. The molecule has 0 aromatic heterocycles. The molecule has 0 radical (unpaired) electrons. The fourth-order valence-electron chi connectivity index (χ4n) is 1.52. The normalized spacial score (nSPS) is 12.4. The molecule has 0 aliphatic rings. The minimum Gasteiger partial charge on any atom is -0.352 e. The lowest BCUT2D eigenvalue weighted by Gasteiger charge is -2.23. The van der Waals surface area contributed by atoms with Crippen LogP contribution in [0, 0.1) is 5.41 Å². The summed E-state index contributed by atoms with van der Waals surface area (Å²) in [5.74, 6) is 0.00558. The average Bonchev–Trinajstić information content (AvgIpc) is 2.14. The highest BCUT2D eigenvalue weighted by molar-refractivity contribution is 5.87. The summed E-state index contributed by atoms with van der Waals surface area (Å²) in [6.07, 6.45) is 5.78. The van der Waals surface area contributed by atoms with Crippen LogP contribution in [0.3, 0.4) is 0 Å². The number of rotatable bonds is 7. The van der Waals surface area contributed by atoms with Gasteiger partial charge in [-0.3, -0.25) is 4.79 Å². The van der Waals surface area contributed by atoms with Crippen LogP contribution in [0.1, 0.15) is 33.6 Å². The van der Waals surface area contributed by atoms with Crippen LogP contribution in [0.15, 0.2) is 12.2 Å². The van der Waals surface area contributed by atoms with E-state index < -0.39 is 0 Å². The Bertz CT molecular complexity index is 232. The fourth-order valence-corrected chi connectivity index (χ4v) is 1.52. The summed E-state index contributed by atoms with van der Waals surface area (Å²) in [6, 6.07) is 0. The van der Waals surface area contributed by atoms with Gasteiger partial charge in [-0.15, -0.1) is 0 Å². The molecule has 0 fully saturated rings. The van der Waals surface area contributed by atoms with Crippen LogP contribution in [0.4, 0.5) is 0 Å². The first-order valence-corrected chi connectivity index (χ1v) is 5.96. The average molecular weight is 226 g/mol. The van der Waals surface area contributed by atoms with Crippen LogP contribution in [0.5, 0.6) is 0 Å². The Morgan fingerprint density at radius 2 is 2.00 bits per heavy atom. The Labute approximate surface area is 99.9 Å². The highest BCUT2D eigenvalue weighted by Crippen LogP contribution is 2.20. The second kappa shape index (κ2) is 7.44. The Balaban J connectivity index is 3.85. The molecule has 94 valence electrons. The van der Waals surface area contributed by atoms with Gasteiger partial charge in [-0.25, -0.2) is 0 Å². The number of carbonyl (C=O) groups is 1. The smallest absolute Gasteiger partial charge is 0.243 e. The van der Waals surface area contributed by atoms with Crippen molar-refractivity contribution >= 4 is 5.91 Å². The third-order valence-corrected chi connectivity index (χ3v) is 2.41. The number of hydrogen-bond acceptors (Lipinski definition) is 2. The summed E-state index contributed by atoms with van der Waals surface area (Å²) in [6.45, 7) is 8.07. The predicted octanol–water partition coefficient (Wildman–Crippen LogP) is 2.05. The SMILES string of the molecule is CCCC(C)(C)CNC(=O)/C=C/CN(C)C. The molecule has 3 heteroatoms. The van der Waals surface area contributed by atoms with E-state index >= 15 is 0 Å². The first-order chi connectivity index (χ1) is 7.37. The van der Waals surface area contributed by atoms with Crippen molar-refractivity contribution in [2.75, 3.05) is 27.2 Å². The molecule has 0 saturated heterocycles. The zero-order valence-corrected chi connectivity index (χ0v) is 11.3. The van der Waals surface area contributed by atoms with Crippen LogP contribution < -0.4 is 5.32 Å². The van der Waals surface area contributed by atoms with Crippen LogP contribution in [-0.4, -0.2) is 38.0 Å². The van der Waals surface area contributed by atoms with E-state index in [0.29, 0.717) is 0 Å². The fraction of sp³-hybridized carbons (Fsp3) is 0.769. The molecule has 0 atom stereocenters. The van der Waals surface area contributed by atoms with Crippen molar-refractivity contribution in [3.63, 3.8) is 0 Å². The number of hydrogen-bond donors (Lipinski definition) is 1. The highest BCUT2D eigenvalue weighted by Gasteiger charge is 2.16. The third-order valence-electron chi connectivity index (χ3n) is 2.41. The highest BCUT2D eigenvalue weighted by atomic mass is 16.1. The van der Waals surface area contributed by atoms with Crippen molar-refractivity contribution < 1.29 is 4.79 Å². The van der Waals surface area contributed by atoms with Crippen LogP contribution in [-0.2, 0) is 4.79 Å². The first-order valence-electron chi connectivity index (χ1n) is 5.96. The van der Waals surface area contributed by atoms with Crippen molar-refractivity contribution in [1.82, 2.24) is 10.2 Å². The molecule has 0 spiro atoms. The summed E-state index contributed by atoms with van der Waals surface area (Å²) in [7, 11) is 3.96. The lowest BCUT2D eigenvalue weighted by Crippen LogP contribution is -2.33. The van der Waals surface area contributed by atoms with Crippen molar-refractivity contribution in [2.24, 2.45) is 5.41 Å². The molecule has 1 N–H and O–H groups in total. The molecule has 0 aromatic rings. The van der Waals surface area contributed by atoms with Crippen molar-refractivity contribution in [1.29, 1.82) is 0 Å². The molecule has 3 nitrogen and oxygen atoms in total. The monoisotopic (exact) mass is 226 g/mol. The van der Waals surface area contributed by atoms with Crippen molar-refractivity contribution in [3.8, 4) is 0 Å². The van der Waals surface area contributed by atoms with E-state index in [9.17, 15) is 4.79 Å². The molecular weight excluding hydrogens is 200 g/mol. The van der Waals surface area contributed by atoms with E-state index in [1.807, 2.05) is 25.1 Å². The summed E-state index contributed by atoms with van der Waals surface area (Å²) in [4.78, 5) is 13.5. The number of amides is 1. The van der Waals surface area contributed by atoms with Gasteiger partial charge in [-0.05, 0) is 25.9 Å². The Hall–Kier alpha value is -0.830. The van der Waals surface area contributed by atoms with Gasteiger partial charge in [0.1, 0.15) is 0 Å². The molecule has 0 aliphatic heterocycles. The molecule has 16 heavy (non-hydrogen) atoms. The number of nitrogens with one attached hydrogen (secondary N) is 1. The summed E-state index contributed by atoms with van der Waals surface area (Å²) in [5, 5.41) is 2.94. The quantitative estimate of drug-likeness (QED) is 0.674. The molecule has 0 unspecified atom stereocenters. The van der Waals surface area contributed by atoms with E-state index in [1.165, 1.54) is 0 Å². The van der Waals surface area contributed by atoms with Gasteiger partial charge in [-0.1, -0.05) is 33.3 Å². The third kappa shape index (κ3) is 8.48.